The van der Waals surface area contributed by atoms with Crippen molar-refractivity contribution in [1.29, 1.82) is 0 Å². The molecule has 0 spiro atoms. The van der Waals surface area contributed by atoms with E-state index in [1.807, 2.05) is 18.2 Å². The number of hydrogen-bond donors (Lipinski definition) is 2. The van der Waals surface area contributed by atoms with Crippen molar-refractivity contribution in [3.8, 4) is 0 Å². The summed E-state index contributed by atoms with van der Waals surface area (Å²) in [7, 11) is 3.47. The fraction of sp³-hybridized carbons (Fsp3) is 0.636. The van der Waals surface area contributed by atoms with Crippen LogP contribution in [-0.4, -0.2) is 69.8 Å². The van der Waals surface area contributed by atoms with Crippen LogP contribution in [0.15, 0.2) is 35.3 Å². The lowest BCUT2D eigenvalue weighted by atomic mass is 10.1. The lowest BCUT2D eigenvalue weighted by Crippen LogP contribution is -2.43. The number of ether oxygens (including phenoxy) is 2. The first-order chi connectivity index (χ1) is 14.1. The minimum atomic E-state index is -0.0277. The number of amides is 1. The standard InChI is InChI=1S/C22H36N4O3/c1-18(19-10-5-4-6-11-19)28-15-9-13-23-22(25-17-21(27)26(2)3)24-16-20-12-7-8-14-29-20/h4-6,10-11,18,20H,7-9,12-17H2,1-3H3,(H2,23,24,25). The number of nitrogens with zero attached hydrogens (tertiary/aromatic N) is 2. The van der Waals surface area contributed by atoms with Crippen LogP contribution in [0.1, 0.15) is 44.3 Å². The van der Waals surface area contributed by atoms with Crippen molar-refractivity contribution < 1.29 is 14.3 Å². The van der Waals surface area contributed by atoms with Gasteiger partial charge in [-0.15, -0.1) is 0 Å². The van der Waals surface area contributed by atoms with Crippen molar-refractivity contribution in [2.75, 3.05) is 46.9 Å². The smallest absolute Gasteiger partial charge is 0.243 e. The predicted octanol–water partition coefficient (Wildman–Crippen LogP) is 2.35. The zero-order chi connectivity index (χ0) is 20.9. The second-order valence-corrected chi connectivity index (χ2v) is 7.53. The Hall–Kier alpha value is -2.12. The second kappa shape index (κ2) is 13.2. The van der Waals surface area contributed by atoms with Crippen molar-refractivity contribution in [3.05, 3.63) is 35.9 Å². The molecule has 29 heavy (non-hydrogen) atoms. The van der Waals surface area contributed by atoms with Gasteiger partial charge in [0.05, 0.1) is 12.2 Å². The first-order valence-corrected chi connectivity index (χ1v) is 10.6. The van der Waals surface area contributed by atoms with E-state index in [9.17, 15) is 4.79 Å². The van der Waals surface area contributed by atoms with E-state index in [0.29, 0.717) is 19.1 Å². The molecule has 162 valence electrons. The summed E-state index contributed by atoms with van der Waals surface area (Å²) in [6, 6.07) is 10.2. The lowest BCUT2D eigenvalue weighted by molar-refractivity contribution is -0.127. The van der Waals surface area contributed by atoms with Crippen LogP contribution in [0.25, 0.3) is 0 Å². The summed E-state index contributed by atoms with van der Waals surface area (Å²) in [4.78, 5) is 17.8. The van der Waals surface area contributed by atoms with Gasteiger partial charge in [-0.2, -0.15) is 0 Å². The van der Waals surface area contributed by atoms with E-state index in [2.05, 4.69) is 34.7 Å². The molecule has 1 aliphatic rings. The molecular weight excluding hydrogens is 368 g/mol. The molecule has 0 aliphatic carbocycles. The average molecular weight is 405 g/mol. The highest BCUT2D eigenvalue weighted by atomic mass is 16.5. The number of carbonyl (C=O) groups is 1. The molecule has 1 heterocycles. The highest BCUT2D eigenvalue weighted by Gasteiger charge is 2.14. The molecule has 0 saturated carbocycles. The number of guanidine groups is 1. The van der Waals surface area contributed by atoms with Gasteiger partial charge in [-0.3, -0.25) is 4.79 Å². The molecule has 7 nitrogen and oxygen atoms in total. The zero-order valence-corrected chi connectivity index (χ0v) is 18.0. The molecule has 1 saturated heterocycles. The third kappa shape index (κ3) is 9.28. The van der Waals surface area contributed by atoms with Gasteiger partial charge in [-0.1, -0.05) is 30.3 Å². The SMILES string of the molecule is CC(OCCCNC(=NCC(=O)N(C)C)NCC1CCCCO1)c1ccccc1. The molecule has 0 aromatic heterocycles. The number of rotatable bonds is 10. The maximum absolute atomic E-state index is 11.9. The Morgan fingerprint density at radius 2 is 2.07 bits per heavy atom. The van der Waals surface area contributed by atoms with Gasteiger partial charge in [0, 0.05) is 40.4 Å². The van der Waals surface area contributed by atoms with Crippen LogP contribution in [0, 0.1) is 0 Å². The molecule has 2 atom stereocenters. The van der Waals surface area contributed by atoms with Crippen molar-refractivity contribution in [2.24, 2.45) is 4.99 Å². The molecule has 0 bridgehead atoms. The van der Waals surface area contributed by atoms with Crippen LogP contribution < -0.4 is 10.6 Å². The zero-order valence-electron chi connectivity index (χ0n) is 18.0. The van der Waals surface area contributed by atoms with Gasteiger partial charge in [-0.05, 0) is 38.2 Å². The summed E-state index contributed by atoms with van der Waals surface area (Å²) in [5.74, 6) is 0.616. The van der Waals surface area contributed by atoms with Crippen molar-refractivity contribution in [1.82, 2.24) is 15.5 Å². The fourth-order valence-electron chi connectivity index (χ4n) is 3.00. The Labute approximate surface area is 174 Å². The third-order valence-corrected chi connectivity index (χ3v) is 4.89. The largest absolute Gasteiger partial charge is 0.376 e. The van der Waals surface area contributed by atoms with Crippen LogP contribution in [0.4, 0.5) is 0 Å². The molecular formula is C22H36N4O3. The van der Waals surface area contributed by atoms with Crippen molar-refractivity contribution >= 4 is 11.9 Å². The van der Waals surface area contributed by atoms with E-state index in [1.54, 1.807) is 19.0 Å². The van der Waals surface area contributed by atoms with E-state index >= 15 is 0 Å². The molecule has 1 aromatic carbocycles. The average Bonchev–Trinajstić information content (AvgIpc) is 2.75. The quantitative estimate of drug-likeness (QED) is 0.356. The number of aliphatic imine (C=N–C) groups is 1. The van der Waals surface area contributed by atoms with E-state index in [4.69, 9.17) is 9.47 Å². The van der Waals surface area contributed by atoms with Crippen LogP contribution in [0.3, 0.4) is 0 Å². The van der Waals surface area contributed by atoms with E-state index in [1.165, 1.54) is 12.0 Å². The topological polar surface area (TPSA) is 75.2 Å². The Morgan fingerprint density at radius 1 is 1.28 bits per heavy atom. The Kier molecular flexibility index (Phi) is 10.5. The van der Waals surface area contributed by atoms with Gasteiger partial charge < -0.3 is 25.0 Å². The van der Waals surface area contributed by atoms with E-state index < -0.39 is 0 Å². The molecule has 2 unspecified atom stereocenters. The Morgan fingerprint density at radius 3 is 2.76 bits per heavy atom. The maximum atomic E-state index is 11.9. The van der Waals surface area contributed by atoms with Gasteiger partial charge in [0.2, 0.25) is 5.91 Å². The Balaban J connectivity index is 1.73. The maximum Gasteiger partial charge on any atom is 0.243 e. The fourth-order valence-corrected chi connectivity index (χ4v) is 3.00. The third-order valence-electron chi connectivity index (χ3n) is 4.89. The molecule has 1 fully saturated rings. The molecule has 0 radical (unpaired) electrons. The molecule has 1 aliphatic heterocycles. The normalized spacial score (nSPS) is 18.2. The van der Waals surface area contributed by atoms with Crippen LogP contribution in [-0.2, 0) is 14.3 Å². The van der Waals surface area contributed by atoms with Gasteiger partial charge in [0.25, 0.3) is 0 Å². The summed E-state index contributed by atoms with van der Waals surface area (Å²) < 4.78 is 11.7. The number of hydrogen-bond acceptors (Lipinski definition) is 4. The summed E-state index contributed by atoms with van der Waals surface area (Å²) in [5, 5.41) is 6.61. The van der Waals surface area contributed by atoms with Crippen LogP contribution in [0.2, 0.25) is 0 Å². The summed E-state index contributed by atoms with van der Waals surface area (Å²) >= 11 is 0. The predicted molar refractivity (Wildman–Crippen MR) is 116 cm³/mol. The first kappa shape index (κ1) is 23.2. The highest BCUT2D eigenvalue weighted by Crippen LogP contribution is 2.15. The number of carbonyl (C=O) groups excluding carboxylic acids is 1. The van der Waals surface area contributed by atoms with Crippen LogP contribution in [0.5, 0.6) is 0 Å². The van der Waals surface area contributed by atoms with Crippen molar-refractivity contribution in [3.63, 3.8) is 0 Å². The van der Waals surface area contributed by atoms with E-state index in [-0.39, 0.29) is 24.7 Å². The first-order valence-electron chi connectivity index (χ1n) is 10.6. The molecule has 2 N–H and O–H groups in total. The van der Waals surface area contributed by atoms with E-state index in [0.717, 1.165) is 32.4 Å². The molecule has 7 heteroatoms. The highest BCUT2D eigenvalue weighted by molar-refractivity contribution is 5.84. The van der Waals surface area contributed by atoms with Gasteiger partial charge in [-0.25, -0.2) is 4.99 Å². The molecule has 1 amide bonds. The molecule has 2 rings (SSSR count). The Bertz CT molecular complexity index is 616. The van der Waals surface area contributed by atoms with Crippen molar-refractivity contribution in [2.45, 2.75) is 44.8 Å². The summed E-state index contributed by atoms with van der Waals surface area (Å²) in [6.45, 7) is 5.07. The number of likely N-dealkylation sites (N-methyl/N-ethyl adjacent to an activating group) is 1. The van der Waals surface area contributed by atoms with Gasteiger partial charge >= 0.3 is 0 Å². The lowest BCUT2D eigenvalue weighted by Gasteiger charge is -2.24. The minimum absolute atomic E-state index is 0.0277. The summed E-state index contributed by atoms with van der Waals surface area (Å²) in [5.41, 5.74) is 1.18. The second-order valence-electron chi connectivity index (χ2n) is 7.53. The molecule has 1 aromatic rings. The van der Waals surface area contributed by atoms with Crippen LogP contribution >= 0.6 is 0 Å². The number of benzene rings is 1. The van der Waals surface area contributed by atoms with Gasteiger partial charge in [0.15, 0.2) is 5.96 Å². The monoisotopic (exact) mass is 404 g/mol. The van der Waals surface area contributed by atoms with Gasteiger partial charge in [0.1, 0.15) is 6.54 Å². The minimum Gasteiger partial charge on any atom is -0.376 e. The number of nitrogens with one attached hydrogen (secondary N) is 2. The summed E-state index contributed by atoms with van der Waals surface area (Å²) in [6.07, 6.45) is 4.51.